The normalized spacial score (nSPS) is 15.5. The molecule has 0 saturated heterocycles. The molecule has 0 spiro atoms. The van der Waals surface area contributed by atoms with Gasteiger partial charge in [-0.05, 0) is 24.0 Å². The fourth-order valence-electron chi connectivity index (χ4n) is 1.77. The summed E-state index contributed by atoms with van der Waals surface area (Å²) < 4.78 is 24.3. The number of benzene rings is 1. The second-order valence-electron chi connectivity index (χ2n) is 4.32. The molecule has 4 heteroatoms. The van der Waals surface area contributed by atoms with Crippen molar-refractivity contribution in [2.24, 2.45) is 0 Å². The molecule has 0 fully saturated rings. The van der Waals surface area contributed by atoms with Crippen LogP contribution in [0.2, 0.25) is 0 Å². The van der Waals surface area contributed by atoms with E-state index in [0.29, 0.717) is 11.3 Å². The second-order valence-corrected chi connectivity index (χ2v) is 7.84. The Morgan fingerprint density at radius 1 is 1.24 bits per heavy atom. The Labute approximate surface area is 112 Å². The molecule has 0 aliphatic carbocycles. The van der Waals surface area contributed by atoms with Gasteiger partial charge < -0.3 is 0 Å². The van der Waals surface area contributed by atoms with Crippen LogP contribution in [0.25, 0.3) is 0 Å². The molecule has 0 heterocycles. The zero-order valence-corrected chi connectivity index (χ0v) is 12.9. The Kier molecular flexibility index (Phi) is 5.20. The number of hydrogen-bond acceptors (Lipinski definition) is 2. The van der Waals surface area contributed by atoms with E-state index < -0.39 is 9.84 Å². The summed E-state index contributed by atoms with van der Waals surface area (Å²) in [5.74, 6) is 0.394. The molecular weight excluding hydrogens is 300 g/mol. The van der Waals surface area contributed by atoms with Gasteiger partial charge >= 0.3 is 0 Å². The molecule has 0 amide bonds. The molecule has 0 aromatic heterocycles. The number of halogens is 1. The Morgan fingerprint density at radius 2 is 1.82 bits per heavy atom. The Morgan fingerprint density at radius 3 is 2.35 bits per heavy atom. The molecule has 1 aromatic rings. The molecule has 2 unspecified atom stereocenters. The van der Waals surface area contributed by atoms with Gasteiger partial charge in [0.25, 0.3) is 0 Å². The lowest BCUT2D eigenvalue weighted by Gasteiger charge is -2.18. The average molecular weight is 319 g/mol. The first-order valence-corrected chi connectivity index (χ1v) is 8.42. The second kappa shape index (κ2) is 6.01. The predicted octanol–water partition coefficient (Wildman–Crippen LogP) is 3.76. The van der Waals surface area contributed by atoms with Gasteiger partial charge in [0.05, 0.1) is 10.6 Å². The molecule has 0 aliphatic rings. The van der Waals surface area contributed by atoms with E-state index in [4.69, 9.17) is 0 Å². The number of alkyl halides is 1. The van der Waals surface area contributed by atoms with Gasteiger partial charge in [0.15, 0.2) is 9.84 Å². The van der Waals surface area contributed by atoms with E-state index >= 15 is 0 Å². The summed E-state index contributed by atoms with van der Waals surface area (Å²) in [5, 5.41) is 0. The first-order valence-electron chi connectivity index (χ1n) is 5.86. The van der Waals surface area contributed by atoms with Gasteiger partial charge in [0.1, 0.15) is 0 Å². The standard InChI is InChI=1S/C13H19BrO2S/c1-4-9-17(15,16)13-8-6-5-7-12(13)10(2)11(3)14/h5-8,10-11H,4,9H2,1-3H3. The molecule has 0 aliphatic heterocycles. The number of rotatable bonds is 5. The summed E-state index contributed by atoms with van der Waals surface area (Å²) in [4.78, 5) is 0.737. The van der Waals surface area contributed by atoms with Crippen LogP contribution in [-0.4, -0.2) is 19.0 Å². The Balaban J connectivity index is 3.26. The van der Waals surface area contributed by atoms with Gasteiger partial charge in [0, 0.05) is 4.83 Å². The SMILES string of the molecule is CCCS(=O)(=O)c1ccccc1C(C)C(C)Br. The summed E-state index contributed by atoms with van der Waals surface area (Å²) in [6.07, 6.45) is 0.648. The van der Waals surface area contributed by atoms with Crippen LogP contribution < -0.4 is 0 Å². The van der Waals surface area contributed by atoms with E-state index in [1.165, 1.54) is 0 Å². The van der Waals surface area contributed by atoms with Crippen LogP contribution in [-0.2, 0) is 9.84 Å². The van der Waals surface area contributed by atoms with Gasteiger partial charge in [-0.1, -0.05) is 54.9 Å². The van der Waals surface area contributed by atoms with Crippen molar-refractivity contribution in [2.45, 2.75) is 42.8 Å². The van der Waals surface area contributed by atoms with E-state index in [0.717, 1.165) is 5.56 Å². The van der Waals surface area contributed by atoms with Crippen LogP contribution in [0.4, 0.5) is 0 Å². The molecule has 2 nitrogen and oxygen atoms in total. The molecule has 1 aromatic carbocycles. The quantitative estimate of drug-likeness (QED) is 0.775. The minimum absolute atomic E-state index is 0.179. The summed E-state index contributed by atoms with van der Waals surface area (Å²) in [7, 11) is -3.14. The van der Waals surface area contributed by atoms with E-state index in [9.17, 15) is 8.42 Å². The van der Waals surface area contributed by atoms with E-state index in [1.807, 2.05) is 32.9 Å². The molecule has 0 bridgehead atoms. The Bertz CT molecular complexity index is 466. The van der Waals surface area contributed by atoms with Gasteiger partial charge in [-0.3, -0.25) is 0 Å². The lowest BCUT2D eigenvalue weighted by Crippen LogP contribution is -2.13. The third-order valence-corrected chi connectivity index (χ3v) is 5.69. The highest BCUT2D eigenvalue weighted by molar-refractivity contribution is 9.09. The molecule has 96 valence electrons. The van der Waals surface area contributed by atoms with Crippen molar-refractivity contribution in [1.29, 1.82) is 0 Å². The first kappa shape index (κ1) is 14.7. The molecular formula is C13H19BrO2S. The van der Waals surface area contributed by atoms with Crippen molar-refractivity contribution in [2.75, 3.05) is 5.75 Å². The summed E-state index contributed by atoms with van der Waals surface area (Å²) >= 11 is 3.52. The lowest BCUT2D eigenvalue weighted by molar-refractivity contribution is 0.591. The zero-order chi connectivity index (χ0) is 13.1. The maximum absolute atomic E-state index is 12.2. The van der Waals surface area contributed by atoms with Crippen molar-refractivity contribution < 1.29 is 8.42 Å². The summed E-state index contributed by atoms with van der Waals surface area (Å²) in [6.45, 7) is 5.96. The van der Waals surface area contributed by atoms with Crippen LogP contribution >= 0.6 is 15.9 Å². The summed E-state index contributed by atoms with van der Waals surface area (Å²) in [5.41, 5.74) is 0.908. The van der Waals surface area contributed by atoms with Gasteiger partial charge in [-0.25, -0.2) is 8.42 Å². The van der Waals surface area contributed by atoms with Crippen molar-refractivity contribution in [3.05, 3.63) is 29.8 Å². The third kappa shape index (κ3) is 3.55. The van der Waals surface area contributed by atoms with Crippen LogP contribution in [0, 0.1) is 0 Å². The smallest absolute Gasteiger partial charge is 0.178 e. The highest BCUT2D eigenvalue weighted by atomic mass is 79.9. The van der Waals surface area contributed by atoms with E-state index in [2.05, 4.69) is 15.9 Å². The van der Waals surface area contributed by atoms with E-state index in [1.54, 1.807) is 12.1 Å². The minimum atomic E-state index is -3.14. The lowest BCUT2D eigenvalue weighted by atomic mass is 9.99. The largest absolute Gasteiger partial charge is 0.224 e. The molecule has 17 heavy (non-hydrogen) atoms. The van der Waals surface area contributed by atoms with Crippen LogP contribution in [0.15, 0.2) is 29.2 Å². The zero-order valence-electron chi connectivity index (χ0n) is 10.5. The molecule has 2 atom stereocenters. The van der Waals surface area contributed by atoms with Crippen molar-refractivity contribution in [3.8, 4) is 0 Å². The van der Waals surface area contributed by atoms with Crippen molar-refractivity contribution >= 4 is 25.8 Å². The Hall–Kier alpha value is -0.350. The van der Waals surface area contributed by atoms with Gasteiger partial charge in [-0.15, -0.1) is 0 Å². The van der Waals surface area contributed by atoms with Gasteiger partial charge in [-0.2, -0.15) is 0 Å². The van der Waals surface area contributed by atoms with Crippen molar-refractivity contribution in [3.63, 3.8) is 0 Å². The molecule has 1 rings (SSSR count). The monoisotopic (exact) mass is 318 g/mol. The number of sulfone groups is 1. The van der Waals surface area contributed by atoms with E-state index in [-0.39, 0.29) is 16.5 Å². The van der Waals surface area contributed by atoms with Gasteiger partial charge in [0.2, 0.25) is 0 Å². The van der Waals surface area contributed by atoms with Crippen LogP contribution in [0.5, 0.6) is 0 Å². The summed E-state index contributed by atoms with van der Waals surface area (Å²) in [6, 6.07) is 7.31. The highest BCUT2D eigenvalue weighted by Crippen LogP contribution is 2.30. The number of hydrogen-bond donors (Lipinski definition) is 0. The highest BCUT2D eigenvalue weighted by Gasteiger charge is 2.22. The molecule has 0 saturated carbocycles. The fourth-order valence-corrected chi connectivity index (χ4v) is 3.71. The van der Waals surface area contributed by atoms with Crippen LogP contribution in [0.3, 0.4) is 0 Å². The topological polar surface area (TPSA) is 34.1 Å². The maximum Gasteiger partial charge on any atom is 0.178 e. The molecule has 0 radical (unpaired) electrons. The molecule has 0 N–H and O–H groups in total. The fraction of sp³-hybridized carbons (Fsp3) is 0.538. The maximum atomic E-state index is 12.2. The van der Waals surface area contributed by atoms with Crippen LogP contribution in [0.1, 0.15) is 38.7 Å². The first-order chi connectivity index (χ1) is 7.90. The third-order valence-electron chi connectivity index (χ3n) is 2.91. The average Bonchev–Trinajstić information content (AvgIpc) is 2.28. The van der Waals surface area contributed by atoms with Crippen molar-refractivity contribution in [1.82, 2.24) is 0 Å². The minimum Gasteiger partial charge on any atom is -0.224 e. The predicted molar refractivity (Wildman–Crippen MR) is 75.6 cm³/mol.